The van der Waals surface area contributed by atoms with Crippen LogP contribution in [0.15, 0.2) is 15.9 Å². The molecule has 1 aromatic heterocycles. The van der Waals surface area contributed by atoms with Crippen LogP contribution in [-0.2, 0) is 16.0 Å². The van der Waals surface area contributed by atoms with E-state index in [9.17, 15) is 4.79 Å². The van der Waals surface area contributed by atoms with E-state index in [2.05, 4.69) is 15.9 Å². The fraction of sp³-hybridized carbons (Fsp3) is 0.615. The summed E-state index contributed by atoms with van der Waals surface area (Å²) < 4.78 is 6.56. The molecule has 1 aromatic rings. The molecule has 1 fully saturated rings. The van der Waals surface area contributed by atoms with Gasteiger partial charge in [-0.2, -0.15) is 0 Å². The van der Waals surface area contributed by atoms with Crippen molar-refractivity contribution in [2.75, 3.05) is 6.61 Å². The van der Waals surface area contributed by atoms with Gasteiger partial charge in [-0.1, -0.05) is 0 Å². The van der Waals surface area contributed by atoms with E-state index in [1.54, 1.807) is 11.3 Å². The molecule has 0 amide bonds. The van der Waals surface area contributed by atoms with Crippen molar-refractivity contribution in [2.45, 2.75) is 38.7 Å². The van der Waals surface area contributed by atoms with Gasteiger partial charge in [0.15, 0.2) is 0 Å². The molecule has 17 heavy (non-hydrogen) atoms. The van der Waals surface area contributed by atoms with E-state index in [1.165, 1.54) is 0 Å². The maximum atomic E-state index is 11.9. The van der Waals surface area contributed by atoms with Gasteiger partial charge in [0.1, 0.15) is 5.78 Å². The molecule has 0 aliphatic heterocycles. The molecule has 4 heteroatoms. The van der Waals surface area contributed by atoms with Gasteiger partial charge in [0.2, 0.25) is 0 Å². The van der Waals surface area contributed by atoms with Crippen LogP contribution in [0.2, 0.25) is 0 Å². The van der Waals surface area contributed by atoms with Crippen LogP contribution in [0.5, 0.6) is 0 Å². The number of carbonyl (C=O) groups excluding carboxylic acids is 1. The highest BCUT2D eigenvalue weighted by Gasteiger charge is 2.30. The molecular formula is C13H17BrO2S. The van der Waals surface area contributed by atoms with Gasteiger partial charge < -0.3 is 4.74 Å². The molecule has 2 rings (SSSR count). The second kappa shape index (κ2) is 6.12. The second-order valence-electron chi connectivity index (χ2n) is 4.53. The molecule has 0 spiro atoms. The van der Waals surface area contributed by atoms with E-state index in [1.807, 2.05) is 18.4 Å². The van der Waals surface area contributed by atoms with Gasteiger partial charge in [-0.3, -0.25) is 4.79 Å². The minimum atomic E-state index is 0.355. The highest BCUT2D eigenvalue weighted by atomic mass is 79.9. The fourth-order valence-electron chi connectivity index (χ4n) is 2.24. The van der Waals surface area contributed by atoms with Gasteiger partial charge in [0.25, 0.3) is 0 Å². The molecule has 0 aromatic carbocycles. The summed E-state index contributed by atoms with van der Waals surface area (Å²) in [6.45, 7) is 2.81. The molecule has 1 aliphatic rings. The zero-order valence-electron chi connectivity index (χ0n) is 9.95. The number of ketones is 1. The standard InChI is InChI=1S/C13H17BrO2S/c1-2-16-11-6-9(7-11)5-10(15)8-13-12(14)3-4-17-13/h3-4,9,11H,2,5-8H2,1H3. The van der Waals surface area contributed by atoms with Crippen molar-refractivity contribution in [3.8, 4) is 0 Å². The van der Waals surface area contributed by atoms with Crippen molar-refractivity contribution in [2.24, 2.45) is 5.92 Å². The normalized spacial score (nSPS) is 23.4. The molecule has 0 N–H and O–H groups in total. The van der Waals surface area contributed by atoms with Crippen LogP contribution < -0.4 is 0 Å². The summed E-state index contributed by atoms with van der Waals surface area (Å²) in [6, 6.07) is 2.00. The zero-order chi connectivity index (χ0) is 12.3. The largest absolute Gasteiger partial charge is 0.378 e. The molecule has 0 atom stereocenters. The lowest BCUT2D eigenvalue weighted by Gasteiger charge is -2.34. The van der Waals surface area contributed by atoms with E-state index >= 15 is 0 Å². The summed E-state index contributed by atoms with van der Waals surface area (Å²) in [5.74, 6) is 0.908. The van der Waals surface area contributed by atoms with E-state index < -0.39 is 0 Å². The van der Waals surface area contributed by atoms with Gasteiger partial charge in [0, 0.05) is 28.8 Å². The highest BCUT2D eigenvalue weighted by molar-refractivity contribution is 9.10. The number of halogens is 1. The van der Waals surface area contributed by atoms with Gasteiger partial charge in [-0.25, -0.2) is 0 Å². The first kappa shape index (κ1) is 13.2. The van der Waals surface area contributed by atoms with E-state index in [4.69, 9.17) is 4.74 Å². The molecule has 0 radical (unpaired) electrons. The van der Waals surface area contributed by atoms with Crippen molar-refractivity contribution < 1.29 is 9.53 Å². The third kappa shape index (κ3) is 3.63. The monoisotopic (exact) mass is 316 g/mol. The summed E-state index contributed by atoms with van der Waals surface area (Å²) in [7, 11) is 0. The first-order valence-electron chi connectivity index (χ1n) is 6.04. The van der Waals surface area contributed by atoms with Crippen LogP contribution in [0, 0.1) is 5.92 Å². The number of ether oxygens (including phenoxy) is 1. The minimum absolute atomic E-state index is 0.355. The van der Waals surface area contributed by atoms with Crippen LogP contribution in [0.25, 0.3) is 0 Å². The Morgan fingerprint density at radius 2 is 2.35 bits per heavy atom. The molecule has 0 unspecified atom stereocenters. The van der Waals surface area contributed by atoms with Gasteiger partial charge in [-0.05, 0) is 53.1 Å². The average Bonchev–Trinajstić information content (AvgIpc) is 2.61. The fourth-order valence-corrected chi connectivity index (χ4v) is 3.76. The van der Waals surface area contributed by atoms with Crippen molar-refractivity contribution in [1.82, 2.24) is 0 Å². The molecule has 94 valence electrons. The molecule has 0 bridgehead atoms. The molecule has 0 saturated heterocycles. The number of hydrogen-bond donors (Lipinski definition) is 0. The Kier molecular flexibility index (Phi) is 4.77. The number of rotatable bonds is 6. The first-order valence-corrected chi connectivity index (χ1v) is 7.71. The zero-order valence-corrected chi connectivity index (χ0v) is 12.4. The third-order valence-electron chi connectivity index (χ3n) is 3.16. The maximum Gasteiger partial charge on any atom is 0.138 e. The molecular weight excluding hydrogens is 300 g/mol. The SMILES string of the molecule is CCOC1CC(CC(=O)Cc2sccc2Br)C1. The topological polar surface area (TPSA) is 26.3 Å². The van der Waals surface area contributed by atoms with E-state index in [-0.39, 0.29) is 0 Å². The number of Topliss-reactive ketones (excluding diaryl/α,β-unsaturated/α-hetero) is 1. The molecule has 2 nitrogen and oxygen atoms in total. The van der Waals surface area contributed by atoms with Crippen LogP contribution >= 0.6 is 27.3 Å². The maximum absolute atomic E-state index is 11.9. The molecule has 1 aliphatic carbocycles. The Morgan fingerprint density at radius 3 is 2.94 bits per heavy atom. The third-order valence-corrected chi connectivity index (χ3v) is 5.09. The van der Waals surface area contributed by atoms with Gasteiger partial charge >= 0.3 is 0 Å². The molecule has 1 heterocycles. The summed E-state index contributed by atoms with van der Waals surface area (Å²) in [4.78, 5) is 13.0. The van der Waals surface area contributed by atoms with Gasteiger partial charge in [-0.15, -0.1) is 11.3 Å². The quantitative estimate of drug-likeness (QED) is 0.797. The van der Waals surface area contributed by atoms with Gasteiger partial charge in [0.05, 0.1) is 6.10 Å². The lowest BCUT2D eigenvalue weighted by molar-refractivity contribution is -0.121. The smallest absolute Gasteiger partial charge is 0.138 e. The number of carbonyl (C=O) groups is 1. The molecule has 1 saturated carbocycles. The Bertz CT molecular complexity index is 383. The van der Waals surface area contributed by atoms with E-state index in [0.717, 1.165) is 28.8 Å². The predicted octanol–water partition coefficient (Wildman–Crippen LogP) is 3.83. The van der Waals surface area contributed by atoms with Crippen LogP contribution in [0.3, 0.4) is 0 Å². The van der Waals surface area contributed by atoms with Crippen molar-refractivity contribution in [3.63, 3.8) is 0 Å². The lowest BCUT2D eigenvalue weighted by Crippen LogP contribution is -2.32. The summed E-state index contributed by atoms with van der Waals surface area (Å²) in [6.07, 6.45) is 3.82. The Morgan fingerprint density at radius 1 is 1.59 bits per heavy atom. The summed E-state index contributed by atoms with van der Waals surface area (Å²) in [5, 5.41) is 2.02. The van der Waals surface area contributed by atoms with Crippen molar-refractivity contribution in [3.05, 3.63) is 20.8 Å². The Hall–Kier alpha value is -0.190. The van der Waals surface area contributed by atoms with Crippen LogP contribution in [0.1, 0.15) is 31.1 Å². The summed E-state index contributed by atoms with van der Waals surface area (Å²) in [5.41, 5.74) is 0. The second-order valence-corrected chi connectivity index (χ2v) is 6.38. The van der Waals surface area contributed by atoms with Crippen molar-refractivity contribution in [1.29, 1.82) is 0 Å². The summed E-state index contributed by atoms with van der Waals surface area (Å²) >= 11 is 5.11. The van der Waals surface area contributed by atoms with E-state index in [0.29, 0.717) is 30.6 Å². The highest BCUT2D eigenvalue weighted by Crippen LogP contribution is 2.33. The predicted molar refractivity (Wildman–Crippen MR) is 73.5 cm³/mol. The number of thiophene rings is 1. The first-order chi connectivity index (χ1) is 8.19. The Balaban J connectivity index is 1.71. The van der Waals surface area contributed by atoms with Crippen LogP contribution in [-0.4, -0.2) is 18.5 Å². The Labute approximate surface area is 114 Å². The van der Waals surface area contributed by atoms with Crippen molar-refractivity contribution >= 4 is 33.0 Å². The average molecular weight is 317 g/mol. The minimum Gasteiger partial charge on any atom is -0.378 e. The van der Waals surface area contributed by atoms with Crippen LogP contribution in [0.4, 0.5) is 0 Å². The lowest BCUT2D eigenvalue weighted by atomic mass is 9.78. The number of hydrogen-bond acceptors (Lipinski definition) is 3.